The highest BCUT2D eigenvalue weighted by atomic mass is 32.2. The van der Waals surface area contributed by atoms with Gasteiger partial charge in [0.05, 0.1) is 0 Å². The lowest BCUT2D eigenvalue weighted by Gasteiger charge is -2.31. The maximum Gasteiger partial charge on any atom is 0.224 e. The molecule has 22 heavy (non-hydrogen) atoms. The van der Waals surface area contributed by atoms with Crippen molar-refractivity contribution in [1.82, 2.24) is 9.80 Å². The largest absolute Gasteiger partial charge is 0.334 e. The molecule has 1 amide bonds. The van der Waals surface area contributed by atoms with Gasteiger partial charge in [-0.1, -0.05) is 44.2 Å². The molecule has 1 aromatic carbocycles. The van der Waals surface area contributed by atoms with E-state index in [4.69, 9.17) is 0 Å². The van der Waals surface area contributed by atoms with Gasteiger partial charge >= 0.3 is 0 Å². The molecule has 2 rings (SSSR count). The van der Waals surface area contributed by atoms with Crippen molar-refractivity contribution in [2.24, 2.45) is 0 Å². The van der Waals surface area contributed by atoms with Crippen LogP contribution in [0.5, 0.6) is 0 Å². The lowest BCUT2D eigenvalue weighted by molar-refractivity contribution is -0.133. The summed E-state index contributed by atoms with van der Waals surface area (Å²) < 4.78 is 0. The molecular formula is C18H28N2OS. The van der Waals surface area contributed by atoms with Crippen LogP contribution in [-0.2, 0) is 11.3 Å². The van der Waals surface area contributed by atoms with Crippen LogP contribution >= 0.6 is 11.8 Å². The van der Waals surface area contributed by atoms with E-state index in [0.29, 0.717) is 18.4 Å². The zero-order valence-electron chi connectivity index (χ0n) is 13.8. The summed E-state index contributed by atoms with van der Waals surface area (Å²) >= 11 is 1.98. The SMILES string of the molecule is CCSCCN1CCC(=O)N(Cc2ccccc2)[C@@H](CC)C1. The van der Waals surface area contributed by atoms with Gasteiger partial charge in [0.1, 0.15) is 0 Å². The van der Waals surface area contributed by atoms with Gasteiger partial charge in [0, 0.05) is 44.4 Å². The van der Waals surface area contributed by atoms with Gasteiger partial charge in [-0.15, -0.1) is 0 Å². The van der Waals surface area contributed by atoms with E-state index in [9.17, 15) is 4.79 Å². The molecule has 1 heterocycles. The second kappa shape index (κ2) is 9.21. The Kier molecular flexibility index (Phi) is 7.26. The molecule has 1 aliphatic heterocycles. The molecule has 1 aliphatic rings. The highest BCUT2D eigenvalue weighted by Crippen LogP contribution is 2.18. The zero-order chi connectivity index (χ0) is 15.8. The van der Waals surface area contributed by atoms with E-state index in [-0.39, 0.29) is 0 Å². The molecule has 1 saturated heterocycles. The quantitative estimate of drug-likeness (QED) is 0.721. The van der Waals surface area contributed by atoms with Gasteiger partial charge < -0.3 is 4.90 Å². The number of rotatable bonds is 7. The molecule has 122 valence electrons. The highest BCUT2D eigenvalue weighted by molar-refractivity contribution is 7.99. The van der Waals surface area contributed by atoms with Crippen LogP contribution in [0.15, 0.2) is 30.3 Å². The normalized spacial score (nSPS) is 20.2. The lowest BCUT2D eigenvalue weighted by Crippen LogP contribution is -2.42. The number of thioether (sulfide) groups is 1. The molecule has 0 bridgehead atoms. The highest BCUT2D eigenvalue weighted by Gasteiger charge is 2.28. The Morgan fingerprint density at radius 1 is 1.23 bits per heavy atom. The molecule has 0 saturated carbocycles. The third kappa shape index (κ3) is 5.03. The summed E-state index contributed by atoms with van der Waals surface area (Å²) in [6.07, 6.45) is 1.68. The Balaban J connectivity index is 2.00. The second-order valence-electron chi connectivity index (χ2n) is 5.82. The van der Waals surface area contributed by atoms with Crippen molar-refractivity contribution in [3.8, 4) is 0 Å². The third-order valence-electron chi connectivity index (χ3n) is 4.29. The van der Waals surface area contributed by atoms with Crippen LogP contribution in [0.2, 0.25) is 0 Å². The Morgan fingerprint density at radius 3 is 2.68 bits per heavy atom. The number of nitrogens with zero attached hydrogens (tertiary/aromatic N) is 2. The van der Waals surface area contributed by atoms with E-state index in [2.05, 4.69) is 35.8 Å². The molecule has 4 heteroatoms. The number of hydrogen-bond acceptors (Lipinski definition) is 3. The fourth-order valence-electron chi connectivity index (χ4n) is 2.98. The Hall–Kier alpha value is -1.00. The topological polar surface area (TPSA) is 23.6 Å². The Morgan fingerprint density at radius 2 is 2.00 bits per heavy atom. The van der Waals surface area contributed by atoms with Gasteiger partial charge in [-0.05, 0) is 17.7 Å². The Labute approximate surface area is 139 Å². The first kappa shape index (κ1) is 17.4. The predicted molar refractivity (Wildman–Crippen MR) is 95.1 cm³/mol. The van der Waals surface area contributed by atoms with Gasteiger partial charge in [0.25, 0.3) is 0 Å². The van der Waals surface area contributed by atoms with E-state index in [1.54, 1.807) is 0 Å². The van der Waals surface area contributed by atoms with E-state index in [1.165, 1.54) is 17.1 Å². The monoisotopic (exact) mass is 320 g/mol. The van der Waals surface area contributed by atoms with Crippen LogP contribution in [0.4, 0.5) is 0 Å². The minimum atomic E-state index is 0.307. The first-order valence-electron chi connectivity index (χ1n) is 8.38. The predicted octanol–water partition coefficient (Wildman–Crippen LogP) is 3.25. The van der Waals surface area contributed by atoms with Gasteiger partial charge in [-0.3, -0.25) is 9.69 Å². The molecule has 1 atom stereocenters. The van der Waals surface area contributed by atoms with Crippen LogP contribution < -0.4 is 0 Å². The van der Waals surface area contributed by atoms with E-state index < -0.39 is 0 Å². The molecular weight excluding hydrogens is 292 g/mol. The standard InChI is InChI=1S/C18H28N2OS/c1-3-17-15-19(12-13-22-4-2)11-10-18(21)20(17)14-16-8-6-5-7-9-16/h5-9,17H,3-4,10-15H2,1-2H3/t17-/m0/s1. The van der Waals surface area contributed by atoms with Crippen LogP contribution in [0.1, 0.15) is 32.3 Å². The molecule has 1 fully saturated rings. The van der Waals surface area contributed by atoms with Crippen LogP contribution in [0.25, 0.3) is 0 Å². The summed E-state index contributed by atoms with van der Waals surface area (Å²) in [5.74, 6) is 2.64. The van der Waals surface area contributed by atoms with Gasteiger partial charge in [0.15, 0.2) is 0 Å². The summed E-state index contributed by atoms with van der Waals surface area (Å²) in [6, 6.07) is 10.7. The number of carbonyl (C=O) groups excluding carboxylic acids is 1. The van der Waals surface area contributed by atoms with Gasteiger partial charge in [-0.25, -0.2) is 0 Å². The van der Waals surface area contributed by atoms with Crippen molar-refractivity contribution in [2.45, 2.75) is 39.3 Å². The smallest absolute Gasteiger partial charge is 0.224 e. The fraction of sp³-hybridized carbons (Fsp3) is 0.611. The van der Waals surface area contributed by atoms with Crippen LogP contribution in [0, 0.1) is 0 Å². The maximum absolute atomic E-state index is 12.6. The molecule has 0 aliphatic carbocycles. The molecule has 0 spiro atoms. The number of benzene rings is 1. The van der Waals surface area contributed by atoms with Crippen molar-refractivity contribution >= 4 is 17.7 Å². The summed E-state index contributed by atoms with van der Waals surface area (Å²) in [5, 5.41) is 0. The van der Waals surface area contributed by atoms with Crippen molar-refractivity contribution in [3.05, 3.63) is 35.9 Å². The number of hydrogen-bond donors (Lipinski definition) is 0. The summed E-state index contributed by atoms with van der Waals surface area (Å²) in [4.78, 5) is 17.1. The first-order chi connectivity index (χ1) is 10.7. The van der Waals surface area contributed by atoms with Crippen LogP contribution in [0.3, 0.4) is 0 Å². The molecule has 0 radical (unpaired) electrons. The van der Waals surface area contributed by atoms with Crippen molar-refractivity contribution < 1.29 is 4.79 Å². The van der Waals surface area contributed by atoms with Crippen molar-refractivity contribution in [2.75, 3.05) is 31.1 Å². The Bertz CT molecular complexity index is 452. The first-order valence-corrected chi connectivity index (χ1v) is 9.53. The van der Waals surface area contributed by atoms with E-state index >= 15 is 0 Å². The molecule has 0 aromatic heterocycles. The molecule has 3 nitrogen and oxygen atoms in total. The van der Waals surface area contributed by atoms with Crippen LogP contribution in [-0.4, -0.2) is 52.9 Å². The third-order valence-corrected chi connectivity index (χ3v) is 5.17. The fourth-order valence-corrected chi connectivity index (χ4v) is 3.65. The average molecular weight is 321 g/mol. The number of carbonyl (C=O) groups is 1. The second-order valence-corrected chi connectivity index (χ2v) is 7.21. The van der Waals surface area contributed by atoms with Gasteiger partial charge in [-0.2, -0.15) is 11.8 Å². The molecule has 0 N–H and O–H groups in total. The summed E-state index contributed by atoms with van der Waals surface area (Å²) in [5.41, 5.74) is 1.23. The van der Waals surface area contributed by atoms with Crippen molar-refractivity contribution in [3.63, 3.8) is 0 Å². The van der Waals surface area contributed by atoms with E-state index in [0.717, 1.165) is 32.6 Å². The lowest BCUT2D eigenvalue weighted by atomic mass is 10.1. The van der Waals surface area contributed by atoms with Gasteiger partial charge in [0.2, 0.25) is 5.91 Å². The van der Waals surface area contributed by atoms with Crippen molar-refractivity contribution in [1.29, 1.82) is 0 Å². The summed E-state index contributed by atoms with van der Waals surface area (Å²) in [7, 11) is 0. The average Bonchev–Trinajstić information content (AvgIpc) is 2.69. The molecule has 0 unspecified atom stereocenters. The maximum atomic E-state index is 12.6. The minimum absolute atomic E-state index is 0.307. The minimum Gasteiger partial charge on any atom is -0.334 e. The summed E-state index contributed by atoms with van der Waals surface area (Å²) in [6.45, 7) is 8.16. The zero-order valence-corrected chi connectivity index (χ0v) is 14.6. The number of amides is 1. The van der Waals surface area contributed by atoms with E-state index in [1.807, 2.05) is 30.0 Å². The molecule has 1 aromatic rings.